The summed E-state index contributed by atoms with van der Waals surface area (Å²) in [5, 5.41) is 22.1. The lowest BCUT2D eigenvalue weighted by atomic mass is 9.91. The van der Waals surface area contributed by atoms with Crippen LogP contribution >= 0.6 is 0 Å². The minimum atomic E-state index is 0. The molecule has 4 N–H and O–H groups in total. The van der Waals surface area contributed by atoms with Crippen molar-refractivity contribution in [1.82, 2.24) is 40.3 Å². The van der Waals surface area contributed by atoms with Crippen LogP contribution < -0.4 is 35.4 Å². The van der Waals surface area contributed by atoms with Gasteiger partial charge in [-0.05, 0) is 123 Å². The van der Waals surface area contributed by atoms with E-state index in [2.05, 4.69) is 125 Å². The van der Waals surface area contributed by atoms with Gasteiger partial charge in [-0.3, -0.25) is 0 Å². The Morgan fingerprint density at radius 1 is 0.487 bits per heavy atom. The molecule has 12 nitrogen and oxygen atoms in total. The first-order valence-corrected chi connectivity index (χ1v) is 28.7. The first-order chi connectivity index (χ1) is 36.5. The van der Waals surface area contributed by atoms with Gasteiger partial charge in [0.1, 0.15) is 23.5 Å². The van der Waals surface area contributed by atoms with Crippen molar-refractivity contribution >= 4 is 0 Å². The molecule has 0 amide bonds. The number of nitrogens with zero attached hydrogens (tertiary/aromatic N) is 8. The molecule has 6 aromatic rings. The summed E-state index contributed by atoms with van der Waals surface area (Å²) >= 11 is 0. The van der Waals surface area contributed by atoms with Gasteiger partial charge in [0.05, 0.1) is 37.7 Å². The van der Waals surface area contributed by atoms with E-state index in [0.29, 0.717) is 35.6 Å². The molecule has 2 fully saturated rings. The van der Waals surface area contributed by atoms with Crippen molar-refractivity contribution in [3.8, 4) is 23.0 Å². The number of hydrogen-bond acceptors (Lipinski definition) is 10. The highest BCUT2D eigenvalue weighted by atomic mass is 35.5. The normalized spacial score (nSPS) is 16.9. The van der Waals surface area contributed by atoms with Crippen molar-refractivity contribution in [2.75, 3.05) is 39.5 Å². The van der Waals surface area contributed by atoms with Crippen molar-refractivity contribution in [2.45, 2.75) is 180 Å². The third-order valence-corrected chi connectivity index (χ3v) is 15.1. The lowest BCUT2D eigenvalue weighted by Gasteiger charge is -2.17. The second kappa shape index (κ2) is 35.6. The molecule has 0 aliphatic carbocycles. The molecular weight excluding hydrogens is 988 g/mol. The summed E-state index contributed by atoms with van der Waals surface area (Å²) in [6, 6.07) is 27.7. The average Bonchev–Trinajstić information content (AvgIpc) is 4.12. The number of rotatable bonds is 30. The van der Waals surface area contributed by atoms with Crippen molar-refractivity contribution < 1.29 is 44.9 Å². The maximum atomic E-state index is 6.19. The fourth-order valence-corrected chi connectivity index (χ4v) is 10.8. The van der Waals surface area contributed by atoms with Crippen molar-refractivity contribution in [2.24, 2.45) is 0 Å². The minimum absolute atomic E-state index is 0. The van der Waals surface area contributed by atoms with Crippen LogP contribution in [0.2, 0.25) is 0 Å². The zero-order chi connectivity index (χ0) is 51.4. The molecule has 8 rings (SSSR count). The van der Waals surface area contributed by atoms with Gasteiger partial charge in [-0.2, -0.15) is 10.2 Å². The maximum Gasteiger partial charge on any atom is 0.180 e. The van der Waals surface area contributed by atoms with E-state index >= 15 is 0 Å². The number of nitrogens with two attached hydrogens (primary N) is 2. The van der Waals surface area contributed by atoms with Crippen LogP contribution in [0.1, 0.15) is 173 Å². The second-order valence-electron chi connectivity index (χ2n) is 20.9. The smallest absolute Gasteiger partial charge is 0.180 e. The van der Waals surface area contributed by atoms with E-state index in [9.17, 15) is 0 Å². The summed E-state index contributed by atoms with van der Waals surface area (Å²) in [6.45, 7) is 14.0. The quantitative estimate of drug-likeness (QED) is 0.0620. The Bertz CT molecular complexity index is 2470. The van der Waals surface area contributed by atoms with Crippen LogP contribution in [0.3, 0.4) is 0 Å². The molecule has 2 aliphatic heterocycles. The van der Waals surface area contributed by atoms with E-state index in [1.807, 2.05) is 26.0 Å². The van der Waals surface area contributed by atoms with Gasteiger partial charge < -0.3 is 44.9 Å². The molecule has 2 saturated heterocycles. The summed E-state index contributed by atoms with van der Waals surface area (Å²) in [5.41, 5.74) is 11.6. The van der Waals surface area contributed by atoms with Gasteiger partial charge in [0.15, 0.2) is 11.6 Å². The Morgan fingerprint density at radius 2 is 0.961 bits per heavy atom. The first kappa shape index (κ1) is 62.0. The largest absolute Gasteiger partial charge is 1.00 e. The predicted molar refractivity (Wildman–Crippen MR) is 297 cm³/mol. The summed E-state index contributed by atoms with van der Waals surface area (Å²) in [5.74, 6) is 2.42. The van der Waals surface area contributed by atoms with Gasteiger partial charge in [0.2, 0.25) is 0 Å². The minimum Gasteiger partial charge on any atom is -1.00 e. The average molecular weight is 1080 g/mol. The van der Waals surface area contributed by atoms with Gasteiger partial charge in [0.25, 0.3) is 0 Å². The van der Waals surface area contributed by atoms with Crippen LogP contribution in [-0.4, -0.2) is 91.9 Å². The topological polar surface area (TPSA) is 155 Å². The summed E-state index contributed by atoms with van der Waals surface area (Å²) in [7, 11) is 0. The van der Waals surface area contributed by atoms with E-state index in [4.69, 9.17) is 9.47 Å². The zero-order valence-electron chi connectivity index (χ0n) is 46.2. The summed E-state index contributed by atoms with van der Waals surface area (Å²) in [4.78, 5) is 17.3. The molecule has 4 aromatic heterocycles. The first-order valence-electron chi connectivity index (χ1n) is 28.7. The SMILES string of the molecule is CCCCCCCCc1ccc([C@H]2CC[NH2+][C@@H]2COCCCc2cc(-c3ncccn3)nnc2C)cc1.CCCCCCCCc1ccc([C@H]2CC[NH2+][C@@H]2COCCCc2cc(C)nnc2-c2ncccn2)cc1.[Cl-].[Cl-]. The number of ether oxygens (including phenoxy) is 2. The number of quaternary nitrogens is 2. The van der Waals surface area contributed by atoms with Gasteiger partial charge in [-0.25, -0.2) is 19.9 Å². The third kappa shape index (κ3) is 20.5. The van der Waals surface area contributed by atoms with Crippen LogP contribution in [0, 0.1) is 13.8 Å². The molecule has 0 radical (unpaired) electrons. The predicted octanol–water partition coefficient (Wildman–Crippen LogP) is 4.44. The molecule has 76 heavy (non-hydrogen) atoms. The number of unbranched alkanes of at least 4 members (excludes halogenated alkanes) is 10. The standard InChI is InChI=1S/2C31H43N5O.2ClH/c1-3-4-5-6-7-8-11-25-13-15-26(16-14-25)28-17-20-32-30(28)23-37-21-9-12-27-22-29(36-35-24(27)2)31-33-18-10-19-34-31;1-3-4-5-6-7-8-11-25-13-15-26(16-14-25)28-17-20-32-29(28)23-37-21-9-12-27-22-24(2)35-36-30(27)31-33-18-10-19-34-31;;/h10,13-16,18-19,22,28,30,32H,3-9,11-12,17,20-21,23H2,1-2H3;10,13-16,18-19,22,28-29,32H,3-9,11-12,17,20-21,23H2,1-2H3;2*1H/t28-,30-;28-,29-;;/m11../s1. The molecule has 2 aromatic carbocycles. The highest BCUT2D eigenvalue weighted by Crippen LogP contribution is 2.28. The van der Waals surface area contributed by atoms with Crippen LogP contribution in [0.25, 0.3) is 23.0 Å². The van der Waals surface area contributed by atoms with Crippen LogP contribution in [-0.2, 0) is 35.2 Å². The number of aryl methyl sites for hydroxylation is 6. The van der Waals surface area contributed by atoms with Gasteiger partial charge in [0, 0.05) is 62.7 Å². The van der Waals surface area contributed by atoms with E-state index in [1.54, 1.807) is 24.8 Å². The Morgan fingerprint density at radius 3 is 1.47 bits per heavy atom. The van der Waals surface area contributed by atoms with E-state index in [-0.39, 0.29) is 24.8 Å². The molecule has 2 aliphatic rings. The van der Waals surface area contributed by atoms with E-state index < -0.39 is 0 Å². The fraction of sp³-hybridized carbons (Fsp3) is 0.548. The zero-order valence-corrected chi connectivity index (χ0v) is 47.7. The molecule has 0 unspecified atom stereocenters. The molecule has 6 heterocycles. The lowest BCUT2D eigenvalue weighted by Crippen LogP contribution is -3.00. The second-order valence-corrected chi connectivity index (χ2v) is 20.9. The Labute approximate surface area is 467 Å². The third-order valence-electron chi connectivity index (χ3n) is 15.1. The van der Waals surface area contributed by atoms with Crippen LogP contribution in [0.5, 0.6) is 0 Å². The van der Waals surface area contributed by atoms with Gasteiger partial charge in [-0.15, -0.1) is 10.2 Å². The van der Waals surface area contributed by atoms with Crippen molar-refractivity contribution in [1.29, 1.82) is 0 Å². The lowest BCUT2D eigenvalue weighted by molar-refractivity contribution is -0.673. The molecule has 412 valence electrons. The molecule has 4 atom stereocenters. The monoisotopic (exact) mass is 1070 g/mol. The maximum absolute atomic E-state index is 6.19. The van der Waals surface area contributed by atoms with Crippen molar-refractivity contribution in [3.63, 3.8) is 0 Å². The number of hydrogen-bond donors (Lipinski definition) is 2. The number of aromatic nitrogens is 8. The van der Waals surface area contributed by atoms with Crippen molar-refractivity contribution in [3.05, 3.63) is 142 Å². The van der Waals surface area contributed by atoms with E-state index in [0.717, 1.165) is 80.4 Å². The molecule has 0 bridgehead atoms. The van der Waals surface area contributed by atoms with Crippen LogP contribution in [0.4, 0.5) is 0 Å². The number of benzene rings is 2. The fourth-order valence-electron chi connectivity index (χ4n) is 10.8. The highest BCUT2D eigenvalue weighted by Gasteiger charge is 2.33. The highest BCUT2D eigenvalue weighted by molar-refractivity contribution is 5.54. The number of halogens is 2. The van der Waals surface area contributed by atoms with E-state index in [1.165, 1.54) is 144 Å². The molecular formula is C62H88Cl2N10O2. The summed E-state index contributed by atoms with van der Waals surface area (Å²) < 4.78 is 12.4. The van der Waals surface area contributed by atoms with Gasteiger partial charge in [-0.1, -0.05) is 127 Å². The molecule has 0 saturated carbocycles. The Kier molecular flexibility index (Phi) is 29.0. The Balaban J connectivity index is 0.000000274. The summed E-state index contributed by atoms with van der Waals surface area (Å²) in [6.07, 6.45) is 31.8. The molecule has 0 spiro atoms. The molecule has 14 heteroatoms. The van der Waals surface area contributed by atoms with Crippen LogP contribution in [0.15, 0.2) is 97.6 Å². The Hall–Kier alpha value is -4.82. The van der Waals surface area contributed by atoms with Gasteiger partial charge >= 0.3 is 0 Å².